The van der Waals surface area contributed by atoms with Crippen molar-refractivity contribution < 1.29 is 14.6 Å². The summed E-state index contributed by atoms with van der Waals surface area (Å²) in [5.74, 6) is 0.923. The molecule has 8 heteroatoms. The number of benzene rings is 1. The van der Waals surface area contributed by atoms with Crippen LogP contribution in [0.4, 0.5) is 11.6 Å². The average molecular weight is 477 g/mol. The van der Waals surface area contributed by atoms with Gasteiger partial charge in [-0.1, -0.05) is 26.0 Å². The van der Waals surface area contributed by atoms with Crippen LogP contribution in [-0.2, 0) is 6.42 Å². The molecular weight excluding hydrogens is 448 g/mol. The van der Waals surface area contributed by atoms with Gasteiger partial charge in [-0.3, -0.25) is 0 Å². The second-order valence-corrected chi connectivity index (χ2v) is 9.67. The van der Waals surface area contributed by atoms with Gasteiger partial charge in [-0.15, -0.1) is 16.4 Å². The fourth-order valence-corrected chi connectivity index (χ4v) is 4.36. The molecule has 0 saturated heterocycles. The maximum atomic E-state index is 12.0. The molecule has 0 bridgehead atoms. The van der Waals surface area contributed by atoms with Gasteiger partial charge in [-0.05, 0) is 55.8 Å². The van der Waals surface area contributed by atoms with E-state index in [9.17, 15) is 9.90 Å². The van der Waals surface area contributed by atoms with Gasteiger partial charge >= 0.3 is 5.97 Å². The van der Waals surface area contributed by atoms with Crippen LogP contribution in [0.3, 0.4) is 0 Å². The molecule has 0 atom stereocenters. The fraction of sp³-hybridized carbons (Fsp3) is 0.269. The Morgan fingerprint density at radius 3 is 2.65 bits per heavy atom. The van der Waals surface area contributed by atoms with Crippen molar-refractivity contribution >= 4 is 28.9 Å². The normalized spacial score (nSPS) is 11.2. The summed E-state index contributed by atoms with van der Waals surface area (Å²) in [5, 5.41) is 19.6. The lowest BCUT2D eigenvalue weighted by Crippen LogP contribution is -2.08. The number of thiophene rings is 1. The Labute approximate surface area is 203 Å². The third kappa shape index (κ3) is 5.46. The Morgan fingerprint density at radius 2 is 1.97 bits per heavy atom. The van der Waals surface area contributed by atoms with Gasteiger partial charge in [-0.2, -0.15) is 0 Å². The highest BCUT2D eigenvalue weighted by molar-refractivity contribution is 7.13. The van der Waals surface area contributed by atoms with E-state index in [0.29, 0.717) is 11.7 Å². The number of carboxylic acids is 1. The number of rotatable bonds is 9. The molecule has 0 spiro atoms. The second kappa shape index (κ2) is 10.1. The van der Waals surface area contributed by atoms with E-state index in [0.717, 1.165) is 34.0 Å². The highest BCUT2D eigenvalue weighted by atomic mass is 32.1. The Bertz CT molecular complexity index is 1280. The van der Waals surface area contributed by atoms with Crippen molar-refractivity contribution in [3.63, 3.8) is 0 Å². The van der Waals surface area contributed by atoms with Gasteiger partial charge in [-0.25, -0.2) is 14.5 Å². The number of anilines is 2. The molecule has 0 aliphatic heterocycles. The van der Waals surface area contributed by atoms with E-state index in [2.05, 4.69) is 24.1 Å². The molecule has 0 fully saturated rings. The predicted octanol–water partition coefficient (Wildman–Crippen LogP) is 6.42. The van der Waals surface area contributed by atoms with E-state index in [1.165, 1.54) is 0 Å². The lowest BCUT2D eigenvalue weighted by molar-refractivity contribution is 0.0697. The van der Waals surface area contributed by atoms with Crippen LogP contribution in [0.15, 0.2) is 60.1 Å². The van der Waals surface area contributed by atoms with Gasteiger partial charge in [0.2, 0.25) is 0 Å². The quantitative estimate of drug-likeness (QED) is 0.290. The lowest BCUT2D eigenvalue weighted by Gasteiger charge is -2.13. The SMILES string of the molecule is CC(C)Cc1cc(Nc2ncc(-c3cccs3)cc2C(=O)O)nn1-c1cccc(OC(C)C)c1. The highest BCUT2D eigenvalue weighted by Crippen LogP contribution is 2.29. The van der Waals surface area contributed by atoms with Crippen LogP contribution in [0.5, 0.6) is 5.75 Å². The van der Waals surface area contributed by atoms with E-state index in [-0.39, 0.29) is 17.5 Å². The van der Waals surface area contributed by atoms with Crippen LogP contribution in [-0.4, -0.2) is 31.9 Å². The summed E-state index contributed by atoms with van der Waals surface area (Å²) in [4.78, 5) is 17.4. The summed E-state index contributed by atoms with van der Waals surface area (Å²) < 4.78 is 7.72. The number of aromatic nitrogens is 3. The van der Waals surface area contributed by atoms with Gasteiger partial charge in [0, 0.05) is 34.5 Å². The zero-order valence-electron chi connectivity index (χ0n) is 19.6. The minimum Gasteiger partial charge on any atom is -0.491 e. The molecule has 34 heavy (non-hydrogen) atoms. The second-order valence-electron chi connectivity index (χ2n) is 8.72. The predicted molar refractivity (Wildman–Crippen MR) is 136 cm³/mol. The van der Waals surface area contributed by atoms with Crippen LogP contribution < -0.4 is 10.1 Å². The van der Waals surface area contributed by atoms with E-state index < -0.39 is 5.97 Å². The van der Waals surface area contributed by atoms with Gasteiger partial charge in [0.25, 0.3) is 0 Å². The highest BCUT2D eigenvalue weighted by Gasteiger charge is 2.17. The maximum Gasteiger partial charge on any atom is 0.339 e. The molecule has 3 heterocycles. The van der Waals surface area contributed by atoms with E-state index in [1.807, 2.05) is 66.4 Å². The summed E-state index contributed by atoms with van der Waals surface area (Å²) in [7, 11) is 0. The average Bonchev–Trinajstić information content (AvgIpc) is 3.44. The number of ether oxygens (including phenoxy) is 1. The van der Waals surface area contributed by atoms with E-state index in [4.69, 9.17) is 9.84 Å². The standard InChI is InChI=1S/C26H28N4O3S/c1-16(2)11-20-14-24(29-30(20)19-7-5-8-21(13-19)33-17(3)4)28-25-22(26(31)32)12-18(15-27-25)23-9-6-10-34-23/h5-10,12-17H,11H2,1-4H3,(H,31,32)(H,27,28,29). The molecule has 7 nitrogen and oxygen atoms in total. The van der Waals surface area contributed by atoms with Crippen molar-refractivity contribution in [1.82, 2.24) is 14.8 Å². The topological polar surface area (TPSA) is 89.3 Å². The van der Waals surface area contributed by atoms with Crippen molar-refractivity contribution in [2.24, 2.45) is 5.92 Å². The smallest absolute Gasteiger partial charge is 0.339 e. The first-order valence-electron chi connectivity index (χ1n) is 11.2. The summed E-state index contributed by atoms with van der Waals surface area (Å²) in [6.07, 6.45) is 2.55. The molecule has 176 valence electrons. The van der Waals surface area contributed by atoms with Crippen molar-refractivity contribution in [3.05, 3.63) is 71.4 Å². The van der Waals surface area contributed by atoms with Gasteiger partial charge < -0.3 is 15.2 Å². The van der Waals surface area contributed by atoms with E-state index in [1.54, 1.807) is 23.6 Å². The lowest BCUT2D eigenvalue weighted by atomic mass is 10.1. The number of hydrogen-bond donors (Lipinski definition) is 2. The van der Waals surface area contributed by atoms with Crippen LogP contribution >= 0.6 is 11.3 Å². The number of carboxylic acid groups (broad SMARTS) is 1. The first kappa shape index (κ1) is 23.5. The van der Waals surface area contributed by atoms with Gasteiger partial charge in [0.1, 0.15) is 17.1 Å². The van der Waals surface area contributed by atoms with Crippen molar-refractivity contribution in [3.8, 4) is 21.9 Å². The van der Waals surface area contributed by atoms with Crippen molar-refractivity contribution in [2.45, 2.75) is 40.2 Å². The minimum absolute atomic E-state index is 0.0675. The Morgan fingerprint density at radius 1 is 1.15 bits per heavy atom. The number of pyridine rings is 1. The van der Waals surface area contributed by atoms with Crippen molar-refractivity contribution in [2.75, 3.05) is 5.32 Å². The van der Waals surface area contributed by atoms with Gasteiger partial charge in [0.15, 0.2) is 5.82 Å². The Hall–Kier alpha value is -3.65. The van der Waals surface area contributed by atoms with Crippen LogP contribution in [0, 0.1) is 5.92 Å². The fourth-order valence-electron chi connectivity index (χ4n) is 3.66. The number of hydrogen-bond acceptors (Lipinski definition) is 6. The molecule has 0 unspecified atom stereocenters. The first-order chi connectivity index (χ1) is 16.3. The number of nitrogens with one attached hydrogen (secondary N) is 1. The summed E-state index contributed by atoms with van der Waals surface area (Å²) in [6.45, 7) is 8.28. The van der Waals surface area contributed by atoms with E-state index >= 15 is 0 Å². The zero-order chi connectivity index (χ0) is 24.2. The summed E-state index contributed by atoms with van der Waals surface area (Å²) >= 11 is 1.54. The molecule has 0 saturated carbocycles. The zero-order valence-corrected chi connectivity index (χ0v) is 20.5. The molecule has 3 aromatic heterocycles. The monoisotopic (exact) mass is 476 g/mol. The summed E-state index contributed by atoms with van der Waals surface area (Å²) in [5.41, 5.74) is 2.75. The third-order valence-corrected chi connectivity index (χ3v) is 5.92. The molecule has 0 aliphatic carbocycles. The molecular formula is C26H28N4O3S. The van der Waals surface area contributed by atoms with Crippen LogP contribution in [0.25, 0.3) is 16.1 Å². The number of aromatic carboxylic acids is 1. The van der Waals surface area contributed by atoms with Crippen LogP contribution in [0.1, 0.15) is 43.7 Å². The third-order valence-electron chi connectivity index (χ3n) is 5.00. The van der Waals surface area contributed by atoms with Crippen molar-refractivity contribution in [1.29, 1.82) is 0 Å². The van der Waals surface area contributed by atoms with Gasteiger partial charge in [0.05, 0.1) is 11.8 Å². The molecule has 4 aromatic rings. The Balaban J connectivity index is 1.69. The molecule has 0 radical (unpaired) electrons. The molecule has 4 rings (SSSR count). The molecule has 0 amide bonds. The summed E-state index contributed by atoms with van der Waals surface area (Å²) in [6, 6.07) is 15.2. The number of nitrogens with zero attached hydrogens (tertiary/aromatic N) is 3. The number of carbonyl (C=O) groups is 1. The molecule has 2 N–H and O–H groups in total. The first-order valence-corrected chi connectivity index (χ1v) is 12.1. The molecule has 0 aliphatic rings. The molecule has 1 aromatic carbocycles. The van der Waals surface area contributed by atoms with Crippen LogP contribution in [0.2, 0.25) is 0 Å². The Kier molecular flexibility index (Phi) is 6.98. The minimum atomic E-state index is -1.05. The largest absolute Gasteiger partial charge is 0.491 e. The maximum absolute atomic E-state index is 12.0.